The van der Waals surface area contributed by atoms with Crippen LogP contribution < -0.4 is 5.32 Å². The van der Waals surface area contributed by atoms with Gasteiger partial charge in [-0.1, -0.05) is 32.4 Å². The van der Waals surface area contributed by atoms with Crippen molar-refractivity contribution in [2.24, 2.45) is 0 Å². The summed E-state index contributed by atoms with van der Waals surface area (Å²) in [5.41, 5.74) is 1.15. The van der Waals surface area contributed by atoms with Crippen molar-refractivity contribution in [1.82, 2.24) is 10.3 Å². The molecule has 0 aliphatic heterocycles. The molecular formula is C17H26N2S. The molecule has 0 radical (unpaired) electrons. The highest BCUT2D eigenvalue weighted by molar-refractivity contribution is 7.18. The Hall–Kier alpha value is -0.930. The summed E-state index contributed by atoms with van der Waals surface area (Å²) in [5.74, 6) is 0. The molecule has 1 unspecified atom stereocenters. The van der Waals surface area contributed by atoms with Crippen LogP contribution in [0.2, 0.25) is 0 Å². The highest BCUT2D eigenvalue weighted by atomic mass is 32.1. The monoisotopic (exact) mass is 290 g/mol. The van der Waals surface area contributed by atoms with Crippen LogP contribution in [0.4, 0.5) is 0 Å². The van der Waals surface area contributed by atoms with Crippen LogP contribution in [-0.4, -0.2) is 17.6 Å². The molecule has 20 heavy (non-hydrogen) atoms. The van der Waals surface area contributed by atoms with Crippen LogP contribution in [-0.2, 0) is 6.42 Å². The number of hydrogen-bond acceptors (Lipinski definition) is 3. The first-order valence-corrected chi connectivity index (χ1v) is 8.73. The number of rotatable bonds is 9. The molecule has 0 aliphatic carbocycles. The average molecular weight is 290 g/mol. The Morgan fingerprint density at radius 2 is 2.00 bits per heavy atom. The average Bonchev–Trinajstić information content (AvgIpc) is 2.87. The van der Waals surface area contributed by atoms with Crippen LogP contribution in [0.5, 0.6) is 0 Å². The van der Waals surface area contributed by atoms with Crippen molar-refractivity contribution in [3.8, 4) is 0 Å². The number of thiazole rings is 1. The molecule has 110 valence electrons. The van der Waals surface area contributed by atoms with Gasteiger partial charge in [0, 0.05) is 6.04 Å². The second-order valence-corrected chi connectivity index (χ2v) is 6.52. The van der Waals surface area contributed by atoms with Gasteiger partial charge in [0.25, 0.3) is 0 Å². The smallest absolute Gasteiger partial charge is 0.0938 e. The highest BCUT2D eigenvalue weighted by Gasteiger charge is 2.08. The second kappa shape index (κ2) is 8.38. The van der Waals surface area contributed by atoms with E-state index < -0.39 is 0 Å². The van der Waals surface area contributed by atoms with Gasteiger partial charge < -0.3 is 5.32 Å². The maximum absolute atomic E-state index is 4.72. The molecule has 2 aromatic rings. The molecule has 1 N–H and O–H groups in total. The van der Waals surface area contributed by atoms with Crippen molar-refractivity contribution in [2.75, 3.05) is 6.54 Å². The van der Waals surface area contributed by atoms with Crippen LogP contribution in [0.1, 0.15) is 51.0 Å². The van der Waals surface area contributed by atoms with E-state index in [0.717, 1.165) is 18.5 Å². The predicted molar refractivity (Wildman–Crippen MR) is 89.5 cm³/mol. The Morgan fingerprint density at radius 3 is 2.75 bits per heavy atom. The van der Waals surface area contributed by atoms with Gasteiger partial charge in [0.15, 0.2) is 0 Å². The first-order valence-electron chi connectivity index (χ1n) is 7.91. The topological polar surface area (TPSA) is 24.9 Å². The van der Waals surface area contributed by atoms with Crippen molar-refractivity contribution in [2.45, 2.75) is 58.4 Å². The van der Waals surface area contributed by atoms with Crippen molar-refractivity contribution >= 4 is 21.6 Å². The van der Waals surface area contributed by atoms with E-state index in [-0.39, 0.29) is 0 Å². The zero-order chi connectivity index (χ0) is 14.2. The Labute approximate surface area is 126 Å². The number of aryl methyl sites for hydroxylation is 1. The molecule has 1 atom stereocenters. The Kier molecular flexibility index (Phi) is 6.48. The number of aromatic nitrogens is 1. The SMILES string of the molecule is CCCNC(CCC)CCCc1nc2ccccc2s1. The van der Waals surface area contributed by atoms with Gasteiger partial charge >= 0.3 is 0 Å². The van der Waals surface area contributed by atoms with E-state index >= 15 is 0 Å². The number of hydrogen-bond donors (Lipinski definition) is 1. The van der Waals surface area contributed by atoms with Crippen molar-refractivity contribution in [3.05, 3.63) is 29.3 Å². The maximum atomic E-state index is 4.72. The van der Waals surface area contributed by atoms with Gasteiger partial charge in [0.1, 0.15) is 0 Å². The third-order valence-electron chi connectivity index (χ3n) is 3.60. The molecule has 1 aromatic heterocycles. The first-order chi connectivity index (χ1) is 9.83. The fourth-order valence-electron chi connectivity index (χ4n) is 2.57. The fraction of sp³-hybridized carbons (Fsp3) is 0.588. The summed E-state index contributed by atoms with van der Waals surface area (Å²) in [6.45, 7) is 5.65. The van der Waals surface area contributed by atoms with Gasteiger partial charge in [-0.15, -0.1) is 11.3 Å². The van der Waals surface area contributed by atoms with Crippen LogP contribution in [0.25, 0.3) is 10.2 Å². The summed E-state index contributed by atoms with van der Waals surface area (Å²) in [6, 6.07) is 9.12. The summed E-state index contributed by atoms with van der Waals surface area (Å²) >= 11 is 1.85. The third kappa shape index (κ3) is 4.57. The molecule has 1 heterocycles. The van der Waals surface area contributed by atoms with Crippen molar-refractivity contribution < 1.29 is 0 Å². The van der Waals surface area contributed by atoms with Crippen LogP contribution in [0, 0.1) is 0 Å². The second-order valence-electron chi connectivity index (χ2n) is 5.41. The molecule has 0 saturated carbocycles. The lowest BCUT2D eigenvalue weighted by Gasteiger charge is -2.17. The van der Waals surface area contributed by atoms with Crippen LogP contribution in [0.15, 0.2) is 24.3 Å². The summed E-state index contributed by atoms with van der Waals surface area (Å²) < 4.78 is 1.32. The van der Waals surface area contributed by atoms with E-state index in [1.165, 1.54) is 41.8 Å². The lowest BCUT2D eigenvalue weighted by Crippen LogP contribution is -2.29. The number of benzene rings is 1. The molecule has 0 aliphatic rings. The molecule has 0 spiro atoms. The normalized spacial score (nSPS) is 12.9. The van der Waals surface area contributed by atoms with E-state index in [1.54, 1.807) is 0 Å². The van der Waals surface area contributed by atoms with E-state index in [1.807, 2.05) is 11.3 Å². The molecule has 0 saturated heterocycles. The van der Waals surface area contributed by atoms with Crippen molar-refractivity contribution in [1.29, 1.82) is 0 Å². The standard InChI is InChI=1S/C17H26N2S/c1-3-8-14(18-13-4-2)9-7-12-17-19-15-10-5-6-11-16(15)20-17/h5-6,10-11,14,18H,3-4,7-9,12-13H2,1-2H3. The highest BCUT2D eigenvalue weighted by Crippen LogP contribution is 2.23. The van der Waals surface area contributed by atoms with E-state index in [0.29, 0.717) is 6.04 Å². The quantitative estimate of drug-likeness (QED) is 0.718. The van der Waals surface area contributed by atoms with E-state index in [4.69, 9.17) is 4.98 Å². The fourth-order valence-corrected chi connectivity index (χ4v) is 3.58. The Balaban J connectivity index is 1.81. The Morgan fingerprint density at radius 1 is 1.15 bits per heavy atom. The molecular weight excluding hydrogens is 264 g/mol. The van der Waals surface area contributed by atoms with Gasteiger partial charge in [-0.3, -0.25) is 0 Å². The third-order valence-corrected chi connectivity index (χ3v) is 4.70. The van der Waals surface area contributed by atoms with Gasteiger partial charge in [-0.25, -0.2) is 4.98 Å². The molecule has 1 aromatic carbocycles. The molecule has 0 bridgehead atoms. The maximum Gasteiger partial charge on any atom is 0.0938 e. The molecule has 2 nitrogen and oxygen atoms in total. The molecule has 0 amide bonds. The van der Waals surface area contributed by atoms with E-state index in [9.17, 15) is 0 Å². The van der Waals surface area contributed by atoms with Gasteiger partial charge in [-0.05, 0) is 50.8 Å². The zero-order valence-corrected chi connectivity index (χ0v) is 13.5. The lowest BCUT2D eigenvalue weighted by atomic mass is 10.0. The van der Waals surface area contributed by atoms with E-state index in [2.05, 4.69) is 43.4 Å². The largest absolute Gasteiger partial charge is 0.314 e. The molecule has 0 fully saturated rings. The predicted octanol–water partition coefficient (Wildman–Crippen LogP) is 4.79. The summed E-state index contributed by atoms with van der Waals surface area (Å²) in [6.07, 6.45) is 7.40. The summed E-state index contributed by atoms with van der Waals surface area (Å²) in [4.78, 5) is 4.72. The number of para-hydroxylation sites is 1. The van der Waals surface area contributed by atoms with Crippen molar-refractivity contribution in [3.63, 3.8) is 0 Å². The minimum absolute atomic E-state index is 0.689. The molecule has 2 rings (SSSR count). The first kappa shape index (κ1) is 15.5. The van der Waals surface area contributed by atoms with Gasteiger partial charge in [0.2, 0.25) is 0 Å². The number of fused-ring (bicyclic) bond motifs is 1. The van der Waals surface area contributed by atoms with Gasteiger partial charge in [0.05, 0.1) is 15.2 Å². The number of nitrogens with zero attached hydrogens (tertiary/aromatic N) is 1. The summed E-state index contributed by atoms with van der Waals surface area (Å²) in [7, 11) is 0. The van der Waals surface area contributed by atoms with Crippen LogP contribution >= 0.6 is 11.3 Å². The Bertz CT molecular complexity index is 473. The minimum Gasteiger partial charge on any atom is -0.314 e. The van der Waals surface area contributed by atoms with Crippen LogP contribution in [0.3, 0.4) is 0 Å². The zero-order valence-electron chi connectivity index (χ0n) is 12.7. The molecule has 3 heteroatoms. The lowest BCUT2D eigenvalue weighted by molar-refractivity contribution is 0.438. The number of nitrogens with one attached hydrogen (secondary N) is 1. The minimum atomic E-state index is 0.689. The summed E-state index contributed by atoms with van der Waals surface area (Å²) in [5, 5.41) is 4.96. The van der Waals surface area contributed by atoms with Gasteiger partial charge in [-0.2, -0.15) is 0 Å².